The Morgan fingerprint density at radius 3 is 2.54 bits per heavy atom. The van der Waals surface area contributed by atoms with Crippen LogP contribution in [0.25, 0.3) is 10.9 Å². The Kier molecular flexibility index (Phi) is 5.19. The number of ether oxygens (including phenoxy) is 3. The molecule has 2 aromatic carbocycles. The number of anilines is 1. The largest absolute Gasteiger partial charge is 0.490 e. The zero-order chi connectivity index (χ0) is 18.5. The van der Waals surface area contributed by atoms with E-state index < -0.39 is 5.91 Å². The van der Waals surface area contributed by atoms with E-state index in [1.807, 2.05) is 0 Å². The summed E-state index contributed by atoms with van der Waals surface area (Å²) in [6, 6.07) is 12.0. The van der Waals surface area contributed by atoms with Gasteiger partial charge in [0.1, 0.15) is 23.9 Å². The lowest BCUT2D eigenvalue weighted by Crippen LogP contribution is -2.14. The molecule has 0 saturated heterocycles. The van der Waals surface area contributed by atoms with E-state index in [1.165, 1.54) is 0 Å². The summed E-state index contributed by atoms with van der Waals surface area (Å²) in [6.07, 6.45) is 1.62. The summed E-state index contributed by atoms with van der Waals surface area (Å²) in [7, 11) is 1.57. The first-order valence-electron chi connectivity index (χ1n) is 7.96. The number of methoxy groups -OCH3 is 1. The Hall–Kier alpha value is -3.32. The van der Waals surface area contributed by atoms with Gasteiger partial charge in [-0.2, -0.15) is 0 Å². The second-order valence-corrected chi connectivity index (χ2v) is 5.55. The van der Waals surface area contributed by atoms with Crippen LogP contribution in [0.2, 0.25) is 0 Å². The second kappa shape index (κ2) is 7.71. The minimum Gasteiger partial charge on any atom is -0.490 e. The zero-order valence-corrected chi connectivity index (χ0v) is 14.3. The summed E-state index contributed by atoms with van der Waals surface area (Å²) in [6.45, 7) is 0.688. The molecule has 3 aromatic rings. The Morgan fingerprint density at radius 1 is 1.08 bits per heavy atom. The number of fused-ring (bicyclic) bond motifs is 1. The fourth-order valence-electron chi connectivity index (χ4n) is 2.45. The summed E-state index contributed by atoms with van der Waals surface area (Å²) in [5.41, 5.74) is 12.7. The maximum Gasteiger partial charge on any atom is 0.252 e. The van der Waals surface area contributed by atoms with E-state index in [0.29, 0.717) is 47.1 Å². The van der Waals surface area contributed by atoms with Crippen LogP contribution in [-0.2, 0) is 4.74 Å². The number of benzene rings is 2. The van der Waals surface area contributed by atoms with E-state index in [0.717, 1.165) is 0 Å². The molecule has 7 nitrogen and oxygen atoms in total. The Bertz CT molecular complexity index is 926. The van der Waals surface area contributed by atoms with Gasteiger partial charge in [0.05, 0.1) is 17.7 Å². The molecule has 7 heteroatoms. The van der Waals surface area contributed by atoms with Crippen molar-refractivity contribution in [2.75, 3.05) is 26.1 Å². The molecule has 0 atom stereocenters. The number of carbonyl (C=O) groups is 1. The highest BCUT2D eigenvalue weighted by atomic mass is 16.5. The van der Waals surface area contributed by atoms with Crippen molar-refractivity contribution in [1.29, 1.82) is 0 Å². The molecule has 0 bridgehead atoms. The summed E-state index contributed by atoms with van der Waals surface area (Å²) in [4.78, 5) is 16.2. The molecule has 0 aliphatic carbocycles. The van der Waals surface area contributed by atoms with Crippen LogP contribution in [0.4, 0.5) is 5.69 Å². The molecule has 0 saturated carbocycles. The first-order valence-corrected chi connectivity index (χ1v) is 7.96. The first kappa shape index (κ1) is 17.5. The molecule has 3 rings (SSSR count). The molecule has 1 heterocycles. The molecule has 0 fully saturated rings. The second-order valence-electron chi connectivity index (χ2n) is 5.55. The summed E-state index contributed by atoms with van der Waals surface area (Å²) < 4.78 is 16.5. The molecule has 0 aliphatic heterocycles. The number of primary amides is 1. The highest BCUT2D eigenvalue weighted by Crippen LogP contribution is 2.33. The number of amides is 1. The third-order valence-electron chi connectivity index (χ3n) is 3.72. The van der Waals surface area contributed by atoms with Crippen LogP contribution >= 0.6 is 0 Å². The van der Waals surface area contributed by atoms with Crippen LogP contribution in [0.15, 0.2) is 48.7 Å². The molecule has 1 amide bonds. The van der Waals surface area contributed by atoms with Gasteiger partial charge in [0.25, 0.3) is 5.91 Å². The minimum atomic E-state index is -0.596. The molecule has 0 aliphatic rings. The van der Waals surface area contributed by atoms with Gasteiger partial charge in [0.15, 0.2) is 0 Å². The highest BCUT2D eigenvalue weighted by molar-refractivity contribution is 6.01. The van der Waals surface area contributed by atoms with Crippen molar-refractivity contribution in [1.82, 2.24) is 4.98 Å². The summed E-state index contributed by atoms with van der Waals surface area (Å²) in [5, 5.41) is 0.650. The van der Waals surface area contributed by atoms with Crippen molar-refractivity contribution in [2.24, 2.45) is 5.73 Å². The van der Waals surface area contributed by atoms with Gasteiger partial charge < -0.3 is 25.7 Å². The van der Waals surface area contributed by atoms with Crippen LogP contribution in [-0.4, -0.2) is 31.2 Å². The number of aromatic nitrogens is 1. The smallest absolute Gasteiger partial charge is 0.252 e. The van der Waals surface area contributed by atoms with E-state index >= 15 is 0 Å². The lowest BCUT2D eigenvalue weighted by Gasteiger charge is -2.13. The molecule has 0 unspecified atom stereocenters. The van der Waals surface area contributed by atoms with E-state index in [4.69, 9.17) is 25.7 Å². The molecule has 4 N–H and O–H groups in total. The fourth-order valence-corrected chi connectivity index (χ4v) is 2.45. The van der Waals surface area contributed by atoms with Gasteiger partial charge in [-0.3, -0.25) is 9.78 Å². The van der Waals surface area contributed by atoms with Gasteiger partial charge in [-0.05, 0) is 36.4 Å². The van der Waals surface area contributed by atoms with Crippen molar-refractivity contribution in [3.05, 3.63) is 54.2 Å². The average molecular weight is 353 g/mol. The third-order valence-corrected chi connectivity index (χ3v) is 3.72. The minimum absolute atomic E-state index is 0.253. The van der Waals surface area contributed by atoms with Crippen LogP contribution in [0.1, 0.15) is 10.4 Å². The number of hydrogen-bond acceptors (Lipinski definition) is 6. The summed E-state index contributed by atoms with van der Waals surface area (Å²) >= 11 is 0. The monoisotopic (exact) mass is 353 g/mol. The van der Waals surface area contributed by atoms with Gasteiger partial charge in [-0.15, -0.1) is 0 Å². The van der Waals surface area contributed by atoms with Gasteiger partial charge in [0.2, 0.25) is 0 Å². The Labute approximate surface area is 150 Å². The standard InChI is InChI=1S/C19H19N3O4/c1-24-8-9-25-18-11-16-14(10-15(18)19(21)23)17(6-7-22-16)26-13-4-2-12(20)3-5-13/h2-7,10-11H,8-9,20H2,1H3,(H2,21,23). The maximum atomic E-state index is 11.8. The van der Waals surface area contributed by atoms with Crippen molar-refractivity contribution in [3.63, 3.8) is 0 Å². The van der Waals surface area contributed by atoms with E-state index in [2.05, 4.69) is 4.98 Å². The molecular formula is C19H19N3O4. The van der Waals surface area contributed by atoms with E-state index in [9.17, 15) is 4.79 Å². The van der Waals surface area contributed by atoms with Crippen LogP contribution in [0, 0.1) is 0 Å². The predicted octanol–water partition coefficient (Wildman–Crippen LogP) is 2.73. The van der Waals surface area contributed by atoms with E-state index in [-0.39, 0.29) is 5.56 Å². The molecule has 134 valence electrons. The van der Waals surface area contributed by atoms with Gasteiger partial charge in [-0.25, -0.2) is 0 Å². The third kappa shape index (κ3) is 3.84. The number of nitrogens with two attached hydrogens (primary N) is 2. The number of pyridine rings is 1. The lowest BCUT2D eigenvalue weighted by molar-refractivity contribution is 0.0992. The average Bonchev–Trinajstić information content (AvgIpc) is 2.63. The van der Waals surface area contributed by atoms with Gasteiger partial charge in [-0.1, -0.05) is 0 Å². The normalized spacial score (nSPS) is 10.7. The number of nitrogen functional groups attached to an aromatic ring is 1. The number of carbonyl (C=O) groups excluding carboxylic acids is 1. The number of hydrogen-bond donors (Lipinski definition) is 2. The highest BCUT2D eigenvalue weighted by Gasteiger charge is 2.15. The lowest BCUT2D eigenvalue weighted by atomic mass is 10.1. The maximum absolute atomic E-state index is 11.8. The topological polar surface area (TPSA) is 110 Å². The number of rotatable bonds is 7. The Morgan fingerprint density at radius 2 is 1.85 bits per heavy atom. The molecule has 26 heavy (non-hydrogen) atoms. The number of nitrogens with zero attached hydrogens (tertiary/aromatic N) is 1. The van der Waals surface area contributed by atoms with Gasteiger partial charge in [0, 0.05) is 30.4 Å². The fraction of sp³-hybridized carbons (Fsp3) is 0.158. The van der Waals surface area contributed by atoms with E-state index in [1.54, 1.807) is 55.8 Å². The van der Waals surface area contributed by atoms with Crippen LogP contribution < -0.4 is 20.9 Å². The molecule has 1 aromatic heterocycles. The van der Waals surface area contributed by atoms with Gasteiger partial charge >= 0.3 is 0 Å². The Balaban J connectivity index is 2.01. The van der Waals surface area contributed by atoms with Crippen molar-refractivity contribution in [3.8, 4) is 17.2 Å². The van der Waals surface area contributed by atoms with Crippen molar-refractivity contribution < 1.29 is 19.0 Å². The van der Waals surface area contributed by atoms with Crippen molar-refractivity contribution in [2.45, 2.75) is 0 Å². The zero-order valence-electron chi connectivity index (χ0n) is 14.3. The predicted molar refractivity (Wildman–Crippen MR) is 98.6 cm³/mol. The van der Waals surface area contributed by atoms with Crippen LogP contribution in [0.3, 0.4) is 0 Å². The quantitative estimate of drug-likeness (QED) is 0.499. The SMILES string of the molecule is COCCOc1cc2nccc(Oc3ccc(N)cc3)c2cc1C(N)=O. The van der Waals surface area contributed by atoms with Crippen LogP contribution in [0.5, 0.6) is 17.2 Å². The molecule has 0 radical (unpaired) electrons. The first-order chi connectivity index (χ1) is 12.6. The molecular weight excluding hydrogens is 334 g/mol. The molecule has 0 spiro atoms. The van der Waals surface area contributed by atoms with Crippen molar-refractivity contribution >= 4 is 22.5 Å². The summed E-state index contributed by atoms with van der Waals surface area (Å²) in [5.74, 6) is 0.930.